The van der Waals surface area contributed by atoms with Gasteiger partial charge < -0.3 is 14.5 Å². The predicted octanol–water partition coefficient (Wildman–Crippen LogP) is 3.81. The number of benzene rings is 3. The molecule has 156 valence electrons. The number of hydrogen-bond acceptors (Lipinski definition) is 5. The molecule has 3 aromatic carbocycles. The Morgan fingerprint density at radius 1 is 1.03 bits per heavy atom. The largest absolute Gasteiger partial charge is 0.493 e. The van der Waals surface area contributed by atoms with Gasteiger partial charge in [-0.05, 0) is 30.3 Å². The highest BCUT2D eigenvalue weighted by molar-refractivity contribution is 6.31. The molecule has 1 N–H and O–H groups in total. The van der Waals surface area contributed by atoms with Crippen LogP contribution in [0.5, 0.6) is 11.5 Å². The minimum absolute atomic E-state index is 0.206. The SMILES string of the molecule is COc1cccc(C=Nn2c(=O)[nH]c3ccccc3c2=O)c1OCc1ccccc1Cl. The monoisotopic (exact) mass is 435 g/mol. The number of nitrogens with zero attached hydrogens (tertiary/aromatic N) is 2. The number of aromatic amines is 1. The molecule has 0 bridgehead atoms. The highest BCUT2D eigenvalue weighted by atomic mass is 35.5. The second-order valence-corrected chi connectivity index (χ2v) is 7.00. The second kappa shape index (κ2) is 8.89. The van der Waals surface area contributed by atoms with E-state index in [0.29, 0.717) is 33.0 Å². The fourth-order valence-corrected chi connectivity index (χ4v) is 3.28. The average Bonchev–Trinajstić information content (AvgIpc) is 2.78. The molecule has 0 atom stereocenters. The van der Waals surface area contributed by atoms with Crippen LogP contribution >= 0.6 is 11.6 Å². The van der Waals surface area contributed by atoms with E-state index in [-0.39, 0.29) is 6.61 Å². The van der Waals surface area contributed by atoms with Crippen LogP contribution in [-0.2, 0) is 6.61 Å². The third kappa shape index (κ3) is 4.22. The number of halogens is 1. The Kier molecular flexibility index (Phi) is 5.86. The third-order valence-electron chi connectivity index (χ3n) is 4.66. The minimum Gasteiger partial charge on any atom is -0.493 e. The number of nitrogens with one attached hydrogen (secondary N) is 1. The van der Waals surface area contributed by atoms with E-state index in [0.717, 1.165) is 10.2 Å². The number of methoxy groups -OCH3 is 1. The quantitative estimate of drug-likeness (QED) is 0.466. The first-order valence-electron chi connectivity index (χ1n) is 9.40. The Labute approximate surface area is 182 Å². The van der Waals surface area contributed by atoms with Crippen molar-refractivity contribution in [2.75, 3.05) is 7.11 Å². The van der Waals surface area contributed by atoms with Gasteiger partial charge in [0.15, 0.2) is 11.5 Å². The Morgan fingerprint density at radius 3 is 2.61 bits per heavy atom. The van der Waals surface area contributed by atoms with Crippen molar-refractivity contribution in [2.45, 2.75) is 6.61 Å². The lowest BCUT2D eigenvalue weighted by Crippen LogP contribution is -2.32. The molecule has 7 nitrogen and oxygen atoms in total. The molecule has 0 aliphatic heterocycles. The van der Waals surface area contributed by atoms with Gasteiger partial charge in [-0.3, -0.25) is 4.79 Å². The molecule has 1 aromatic heterocycles. The van der Waals surface area contributed by atoms with E-state index in [1.165, 1.54) is 13.3 Å². The van der Waals surface area contributed by atoms with Gasteiger partial charge in [0.05, 0.1) is 24.2 Å². The Bertz CT molecular complexity index is 1390. The minimum atomic E-state index is -0.638. The van der Waals surface area contributed by atoms with E-state index in [2.05, 4.69) is 10.1 Å². The van der Waals surface area contributed by atoms with Crippen molar-refractivity contribution in [1.29, 1.82) is 0 Å². The molecule has 31 heavy (non-hydrogen) atoms. The van der Waals surface area contributed by atoms with Crippen molar-refractivity contribution >= 4 is 28.7 Å². The summed E-state index contributed by atoms with van der Waals surface area (Å²) in [4.78, 5) is 27.7. The highest BCUT2D eigenvalue weighted by Gasteiger charge is 2.12. The van der Waals surface area contributed by atoms with Crippen LogP contribution in [0.25, 0.3) is 10.9 Å². The zero-order chi connectivity index (χ0) is 21.8. The van der Waals surface area contributed by atoms with Crippen LogP contribution in [0.2, 0.25) is 5.02 Å². The molecular formula is C23H18ClN3O4. The van der Waals surface area contributed by atoms with Gasteiger partial charge in [0.1, 0.15) is 6.61 Å². The van der Waals surface area contributed by atoms with Crippen LogP contribution in [0.15, 0.2) is 81.4 Å². The van der Waals surface area contributed by atoms with Crippen LogP contribution < -0.4 is 20.7 Å². The van der Waals surface area contributed by atoms with Crippen molar-refractivity contribution in [3.05, 3.63) is 104 Å². The van der Waals surface area contributed by atoms with Gasteiger partial charge in [0.25, 0.3) is 5.56 Å². The van der Waals surface area contributed by atoms with Gasteiger partial charge >= 0.3 is 5.69 Å². The Hall–Kier alpha value is -3.84. The first kappa shape index (κ1) is 20.4. The number of aromatic nitrogens is 2. The molecule has 8 heteroatoms. The number of rotatable bonds is 6. The topological polar surface area (TPSA) is 85.7 Å². The first-order chi connectivity index (χ1) is 15.1. The molecule has 0 aliphatic carbocycles. The Morgan fingerprint density at radius 2 is 1.81 bits per heavy atom. The normalized spacial score (nSPS) is 11.2. The molecular weight excluding hydrogens is 418 g/mol. The summed E-state index contributed by atoms with van der Waals surface area (Å²) in [6.07, 6.45) is 1.38. The molecule has 1 heterocycles. The van der Waals surface area contributed by atoms with E-state index in [9.17, 15) is 9.59 Å². The Balaban J connectivity index is 1.71. The fourth-order valence-electron chi connectivity index (χ4n) is 3.09. The van der Waals surface area contributed by atoms with E-state index in [1.54, 1.807) is 48.5 Å². The van der Waals surface area contributed by atoms with Crippen molar-refractivity contribution in [1.82, 2.24) is 9.66 Å². The number of H-pyrrole nitrogens is 1. The van der Waals surface area contributed by atoms with E-state index in [4.69, 9.17) is 21.1 Å². The average molecular weight is 436 g/mol. The molecule has 0 fully saturated rings. The maximum absolute atomic E-state index is 12.7. The lowest BCUT2D eigenvalue weighted by atomic mass is 10.2. The van der Waals surface area contributed by atoms with E-state index >= 15 is 0 Å². The molecule has 4 aromatic rings. The van der Waals surface area contributed by atoms with E-state index < -0.39 is 11.2 Å². The van der Waals surface area contributed by atoms with Crippen LogP contribution in [-0.4, -0.2) is 23.0 Å². The first-order valence-corrected chi connectivity index (χ1v) is 9.78. The molecule has 0 saturated carbocycles. The summed E-state index contributed by atoms with van der Waals surface area (Å²) in [6.45, 7) is 0.206. The lowest BCUT2D eigenvalue weighted by molar-refractivity contribution is 0.284. The lowest BCUT2D eigenvalue weighted by Gasteiger charge is -2.13. The zero-order valence-electron chi connectivity index (χ0n) is 16.5. The van der Waals surface area contributed by atoms with Crippen molar-refractivity contribution in [3.63, 3.8) is 0 Å². The smallest absolute Gasteiger partial charge is 0.349 e. The van der Waals surface area contributed by atoms with Gasteiger partial charge in [-0.15, -0.1) is 4.68 Å². The van der Waals surface area contributed by atoms with Gasteiger partial charge in [-0.2, -0.15) is 5.10 Å². The molecule has 0 aliphatic rings. The predicted molar refractivity (Wildman–Crippen MR) is 121 cm³/mol. The highest BCUT2D eigenvalue weighted by Crippen LogP contribution is 2.31. The summed E-state index contributed by atoms with van der Waals surface area (Å²) in [5.41, 5.74) is 0.638. The molecule has 0 amide bonds. The van der Waals surface area contributed by atoms with Crippen LogP contribution in [0.1, 0.15) is 11.1 Å². The summed E-state index contributed by atoms with van der Waals surface area (Å²) in [6, 6.07) is 19.3. The maximum Gasteiger partial charge on any atom is 0.349 e. The summed E-state index contributed by atoms with van der Waals surface area (Å²) in [7, 11) is 1.52. The van der Waals surface area contributed by atoms with E-state index in [1.807, 2.05) is 18.2 Å². The summed E-state index contributed by atoms with van der Waals surface area (Å²) < 4.78 is 12.2. The van der Waals surface area contributed by atoms with Gasteiger partial charge in [0.2, 0.25) is 0 Å². The molecule has 0 saturated heterocycles. The van der Waals surface area contributed by atoms with Crippen LogP contribution in [0.3, 0.4) is 0 Å². The standard InChI is InChI=1S/C23H18ClN3O4/c1-30-20-12-6-8-15(21(20)31-14-16-7-2-4-10-18(16)24)13-25-27-22(28)17-9-3-5-11-19(17)26-23(27)29/h2-13H,14H2,1H3,(H,26,29). The van der Waals surface area contributed by atoms with Gasteiger partial charge in [-0.25, -0.2) is 4.79 Å². The summed E-state index contributed by atoms with van der Waals surface area (Å²) in [5, 5.41) is 5.05. The van der Waals surface area contributed by atoms with Crippen molar-refractivity contribution in [3.8, 4) is 11.5 Å². The van der Waals surface area contributed by atoms with Gasteiger partial charge in [0, 0.05) is 16.1 Å². The molecule has 0 spiro atoms. The zero-order valence-corrected chi connectivity index (χ0v) is 17.3. The molecule has 0 radical (unpaired) electrons. The number of para-hydroxylation sites is 2. The number of ether oxygens (including phenoxy) is 2. The third-order valence-corrected chi connectivity index (χ3v) is 5.02. The fraction of sp³-hybridized carbons (Fsp3) is 0.0870. The van der Waals surface area contributed by atoms with Crippen LogP contribution in [0.4, 0.5) is 0 Å². The second-order valence-electron chi connectivity index (χ2n) is 6.60. The van der Waals surface area contributed by atoms with Crippen LogP contribution in [0, 0.1) is 0 Å². The van der Waals surface area contributed by atoms with Crippen molar-refractivity contribution in [2.24, 2.45) is 5.10 Å². The number of hydrogen-bond donors (Lipinski definition) is 1. The number of fused-ring (bicyclic) bond motifs is 1. The molecule has 0 unspecified atom stereocenters. The van der Waals surface area contributed by atoms with Crippen molar-refractivity contribution < 1.29 is 9.47 Å². The summed E-state index contributed by atoms with van der Waals surface area (Å²) >= 11 is 6.21. The maximum atomic E-state index is 12.7. The summed E-state index contributed by atoms with van der Waals surface area (Å²) in [5.74, 6) is 0.898. The van der Waals surface area contributed by atoms with Gasteiger partial charge in [-0.1, -0.05) is 48.0 Å². The molecule has 4 rings (SSSR count).